The molecule has 0 heterocycles. The van der Waals surface area contributed by atoms with Gasteiger partial charge >= 0.3 is 0 Å². The molecule has 3 aromatic carbocycles. The lowest BCUT2D eigenvalue weighted by atomic mass is 10.00. The third-order valence-corrected chi connectivity index (χ3v) is 5.91. The third kappa shape index (κ3) is 4.35. The second-order valence-electron chi connectivity index (χ2n) is 6.39. The first-order valence-corrected chi connectivity index (χ1v) is 10.3. The van der Waals surface area contributed by atoms with Crippen molar-refractivity contribution in [2.24, 2.45) is 0 Å². The monoisotopic (exact) mass is 397 g/mol. The Morgan fingerprint density at radius 2 is 1.46 bits per heavy atom. The summed E-state index contributed by atoms with van der Waals surface area (Å²) in [5.41, 5.74) is 2.48. The number of hydrogen-bond acceptors (Lipinski definition) is 4. The van der Waals surface area contributed by atoms with Crippen LogP contribution in [0.2, 0.25) is 0 Å². The van der Waals surface area contributed by atoms with Crippen LogP contribution in [-0.2, 0) is 10.0 Å². The summed E-state index contributed by atoms with van der Waals surface area (Å²) in [4.78, 5) is 0.115. The SMILES string of the molecule is COc1ccc([C@H](NS(=O)(=O)c2cc(C)ccc2OC)c2ccccc2)cc1. The first-order valence-electron chi connectivity index (χ1n) is 8.80. The maximum Gasteiger partial charge on any atom is 0.245 e. The fraction of sp³-hybridized carbons (Fsp3) is 0.182. The van der Waals surface area contributed by atoms with Gasteiger partial charge in [0.1, 0.15) is 16.4 Å². The van der Waals surface area contributed by atoms with E-state index in [1.807, 2.05) is 67.6 Å². The summed E-state index contributed by atoms with van der Waals surface area (Å²) in [6.07, 6.45) is 0. The van der Waals surface area contributed by atoms with Crippen LogP contribution in [0.15, 0.2) is 77.7 Å². The van der Waals surface area contributed by atoms with Gasteiger partial charge in [0.25, 0.3) is 0 Å². The number of nitrogens with one attached hydrogen (secondary N) is 1. The van der Waals surface area contributed by atoms with Gasteiger partial charge in [-0.1, -0.05) is 48.5 Å². The average molecular weight is 397 g/mol. The van der Waals surface area contributed by atoms with Crippen molar-refractivity contribution in [2.45, 2.75) is 17.9 Å². The van der Waals surface area contributed by atoms with Crippen LogP contribution in [0.25, 0.3) is 0 Å². The van der Waals surface area contributed by atoms with E-state index >= 15 is 0 Å². The van der Waals surface area contributed by atoms with Crippen molar-refractivity contribution < 1.29 is 17.9 Å². The zero-order valence-corrected chi connectivity index (χ0v) is 16.9. The maximum absolute atomic E-state index is 13.2. The highest BCUT2D eigenvalue weighted by Crippen LogP contribution is 2.29. The molecule has 0 radical (unpaired) electrons. The smallest absolute Gasteiger partial charge is 0.245 e. The molecule has 6 heteroatoms. The molecule has 146 valence electrons. The zero-order valence-electron chi connectivity index (χ0n) is 16.0. The Balaban J connectivity index is 2.05. The Morgan fingerprint density at radius 1 is 0.821 bits per heavy atom. The van der Waals surface area contributed by atoms with Gasteiger partial charge < -0.3 is 9.47 Å². The predicted molar refractivity (Wildman–Crippen MR) is 109 cm³/mol. The zero-order chi connectivity index (χ0) is 20.1. The predicted octanol–water partition coefficient (Wildman–Crippen LogP) is 4.08. The highest BCUT2D eigenvalue weighted by Gasteiger charge is 2.26. The molecule has 0 aliphatic carbocycles. The molecule has 28 heavy (non-hydrogen) atoms. The molecule has 0 bridgehead atoms. The molecule has 3 rings (SSSR count). The van der Waals surface area contributed by atoms with Crippen molar-refractivity contribution in [2.75, 3.05) is 14.2 Å². The molecular formula is C22H23NO4S. The summed E-state index contributed by atoms with van der Waals surface area (Å²) in [7, 11) is -0.789. The van der Waals surface area contributed by atoms with Crippen molar-refractivity contribution in [1.29, 1.82) is 0 Å². The molecule has 5 nitrogen and oxygen atoms in total. The number of methoxy groups -OCH3 is 2. The highest BCUT2D eigenvalue weighted by atomic mass is 32.2. The van der Waals surface area contributed by atoms with Crippen LogP contribution in [0.3, 0.4) is 0 Å². The molecule has 0 aliphatic heterocycles. The van der Waals surface area contributed by atoms with Gasteiger partial charge in [0.15, 0.2) is 0 Å². The van der Waals surface area contributed by atoms with Crippen LogP contribution < -0.4 is 14.2 Å². The van der Waals surface area contributed by atoms with Gasteiger partial charge in [-0.3, -0.25) is 0 Å². The van der Waals surface area contributed by atoms with Crippen molar-refractivity contribution in [1.82, 2.24) is 4.72 Å². The molecule has 1 atom stereocenters. The van der Waals surface area contributed by atoms with Crippen LogP contribution >= 0.6 is 0 Å². The quantitative estimate of drug-likeness (QED) is 0.652. The van der Waals surface area contributed by atoms with E-state index in [4.69, 9.17) is 9.47 Å². The molecule has 1 N–H and O–H groups in total. The van der Waals surface area contributed by atoms with Gasteiger partial charge in [-0.25, -0.2) is 8.42 Å². The second kappa shape index (κ2) is 8.46. The third-order valence-electron chi connectivity index (χ3n) is 4.46. The van der Waals surface area contributed by atoms with Crippen LogP contribution in [0, 0.1) is 6.92 Å². The van der Waals surface area contributed by atoms with Crippen molar-refractivity contribution in [3.05, 3.63) is 89.5 Å². The summed E-state index contributed by atoms with van der Waals surface area (Å²) >= 11 is 0. The maximum atomic E-state index is 13.2. The molecule has 0 saturated carbocycles. The number of hydrogen-bond donors (Lipinski definition) is 1. The van der Waals surface area contributed by atoms with Gasteiger partial charge in [-0.05, 0) is 47.9 Å². The molecular weight excluding hydrogens is 374 g/mol. The first-order chi connectivity index (χ1) is 13.4. The Morgan fingerprint density at radius 3 is 2.07 bits per heavy atom. The molecule has 0 aromatic heterocycles. The van der Waals surface area contributed by atoms with Crippen LogP contribution in [0.5, 0.6) is 11.5 Å². The van der Waals surface area contributed by atoms with E-state index in [2.05, 4.69) is 4.72 Å². The summed E-state index contributed by atoms with van der Waals surface area (Å²) in [6.45, 7) is 1.84. The van der Waals surface area contributed by atoms with Gasteiger partial charge in [-0.15, -0.1) is 0 Å². The molecule has 0 unspecified atom stereocenters. The number of aryl methyl sites for hydroxylation is 1. The lowest BCUT2D eigenvalue weighted by Crippen LogP contribution is -2.29. The normalized spacial score (nSPS) is 12.4. The highest BCUT2D eigenvalue weighted by molar-refractivity contribution is 7.89. The van der Waals surface area contributed by atoms with Crippen molar-refractivity contribution >= 4 is 10.0 Å². The van der Waals surface area contributed by atoms with E-state index in [1.165, 1.54) is 7.11 Å². The van der Waals surface area contributed by atoms with E-state index in [0.29, 0.717) is 11.5 Å². The molecule has 0 aliphatic rings. The van der Waals surface area contributed by atoms with Crippen molar-refractivity contribution in [3.8, 4) is 11.5 Å². The number of ether oxygens (including phenoxy) is 2. The molecule has 0 saturated heterocycles. The van der Waals surface area contributed by atoms with Gasteiger partial charge in [-0.2, -0.15) is 4.72 Å². The Kier molecular flexibility index (Phi) is 6.02. The molecule has 0 fully saturated rings. The largest absolute Gasteiger partial charge is 0.497 e. The fourth-order valence-electron chi connectivity index (χ4n) is 2.98. The number of benzene rings is 3. The Hall–Kier alpha value is -2.83. The molecule has 0 amide bonds. The van der Waals surface area contributed by atoms with E-state index in [1.54, 1.807) is 19.2 Å². The summed E-state index contributed by atoms with van der Waals surface area (Å²) in [5, 5.41) is 0. The minimum absolute atomic E-state index is 0.115. The van der Waals surface area contributed by atoms with Gasteiger partial charge in [0.05, 0.1) is 20.3 Å². The van der Waals surface area contributed by atoms with Gasteiger partial charge in [0.2, 0.25) is 10.0 Å². The second-order valence-corrected chi connectivity index (χ2v) is 8.07. The lowest BCUT2D eigenvalue weighted by molar-refractivity contribution is 0.402. The van der Waals surface area contributed by atoms with Gasteiger partial charge in [0, 0.05) is 0 Å². The minimum Gasteiger partial charge on any atom is -0.497 e. The average Bonchev–Trinajstić information content (AvgIpc) is 2.73. The number of rotatable bonds is 7. The van der Waals surface area contributed by atoms with Crippen LogP contribution in [0.4, 0.5) is 0 Å². The lowest BCUT2D eigenvalue weighted by Gasteiger charge is -2.21. The summed E-state index contributed by atoms with van der Waals surface area (Å²) < 4.78 is 39.8. The Bertz CT molecular complexity index is 1030. The first kappa shape index (κ1) is 19.9. The molecule has 0 spiro atoms. The van der Waals surface area contributed by atoms with E-state index < -0.39 is 16.1 Å². The summed E-state index contributed by atoms with van der Waals surface area (Å²) in [5.74, 6) is 1.01. The van der Waals surface area contributed by atoms with E-state index in [0.717, 1.165) is 16.7 Å². The van der Waals surface area contributed by atoms with Crippen molar-refractivity contribution in [3.63, 3.8) is 0 Å². The molecule has 3 aromatic rings. The summed E-state index contributed by atoms with van der Waals surface area (Å²) in [6, 6.07) is 21.3. The van der Waals surface area contributed by atoms with E-state index in [9.17, 15) is 8.42 Å². The van der Waals surface area contributed by atoms with Crippen LogP contribution in [0.1, 0.15) is 22.7 Å². The minimum atomic E-state index is -3.84. The van der Waals surface area contributed by atoms with Crippen LogP contribution in [-0.4, -0.2) is 22.6 Å². The Labute approximate surface area is 166 Å². The number of sulfonamides is 1. The standard InChI is InChI=1S/C22H23NO4S/c1-16-9-14-20(27-3)21(15-16)28(24,25)23-22(17-7-5-4-6-8-17)18-10-12-19(26-2)13-11-18/h4-15,22-23H,1-3H3/t22-/m1/s1. The van der Waals surface area contributed by atoms with E-state index in [-0.39, 0.29) is 4.90 Å². The topological polar surface area (TPSA) is 64.6 Å². The fourth-order valence-corrected chi connectivity index (χ4v) is 4.45.